The largest absolute Gasteiger partial charge is 0.387 e. The molecule has 1 N–H and O–H groups in total. The van der Waals surface area contributed by atoms with Gasteiger partial charge in [0.1, 0.15) is 17.6 Å². The van der Waals surface area contributed by atoms with E-state index in [0.29, 0.717) is 30.8 Å². The Morgan fingerprint density at radius 3 is 2.74 bits per heavy atom. The lowest BCUT2D eigenvalue weighted by Gasteiger charge is -2.57. The van der Waals surface area contributed by atoms with E-state index >= 15 is 0 Å². The minimum absolute atomic E-state index is 0.101. The maximum atomic E-state index is 13.5. The Hall–Kier alpha value is -1.86. The molecule has 7 heteroatoms. The lowest BCUT2D eigenvalue weighted by atomic mass is 9.49. The number of Topliss-reactive ketones (excluding diaryl/α,β-unsaturated/α-hetero) is 1. The molecule has 190 valence electrons. The Morgan fingerprint density at radius 1 is 1.09 bits per heavy atom. The van der Waals surface area contributed by atoms with Gasteiger partial charge in [-0.25, -0.2) is 0 Å². The van der Waals surface area contributed by atoms with E-state index in [4.69, 9.17) is 4.74 Å². The van der Waals surface area contributed by atoms with Gasteiger partial charge in [0, 0.05) is 18.7 Å². The molecule has 0 radical (unpaired) electrons. The zero-order chi connectivity index (χ0) is 24.2. The molecule has 0 aromatic carbocycles. The van der Waals surface area contributed by atoms with Crippen molar-refractivity contribution in [2.24, 2.45) is 40.9 Å². The Morgan fingerprint density at radius 2 is 1.91 bits per heavy atom. The van der Waals surface area contributed by atoms with Crippen LogP contribution in [-0.4, -0.2) is 49.7 Å². The first-order valence-corrected chi connectivity index (χ1v) is 13.9. The van der Waals surface area contributed by atoms with E-state index < -0.39 is 5.60 Å². The summed E-state index contributed by atoms with van der Waals surface area (Å²) in [6.07, 6.45) is 13.4. The number of hydrogen-bond acceptors (Lipinski definition) is 6. The lowest BCUT2D eigenvalue weighted by Crippen LogP contribution is -2.52. The van der Waals surface area contributed by atoms with E-state index in [2.05, 4.69) is 22.1 Å². The third-order valence-corrected chi connectivity index (χ3v) is 10.6. The summed E-state index contributed by atoms with van der Waals surface area (Å²) in [6, 6.07) is 1.84. The van der Waals surface area contributed by atoms with Crippen LogP contribution in [0, 0.1) is 40.9 Å². The van der Waals surface area contributed by atoms with Crippen LogP contribution in [0.3, 0.4) is 0 Å². The smallest absolute Gasteiger partial charge is 0.159 e. The number of carbonyl (C=O) groups is 1. The summed E-state index contributed by atoms with van der Waals surface area (Å²) in [5, 5.41) is 20.1. The first-order valence-electron chi connectivity index (χ1n) is 13.9. The van der Waals surface area contributed by atoms with Crippen LogP contribution in [0.1, 0.15) is 71.6 Å². The number of nitrogens with zero attached hydrogens (tertiary/aromatic N) is 4. The molecule has 0 amide bonds. The molecule has 2 heterocycles. The van der Waals surface area contributed by atoms with Crippen LogP contribution in [0.4, 0.5) is 0 Å². The van der Waals surface area contributed by atoms with Gasteiger partial charge in [0.2, 0.25) is 0 Å². The predicted molar refractivity (Wildman–Crippen MR) is 132 cm³/mol. The van der Waals surface area contributed by atoms with Crippen molar-refractivity contribution >= 4 is 16.8 Å². The number of carbonyl (C=O) groups excluding carboxylic acids is 1. The quantitative estimate of drug-likeness (QED) is 0.658. The molecule has 0 saturated heterocycles. The van der Waals surface area contributed by atoms with Gasteiger partial charge < -0.3 is 9.84 Å². The van der Waals surface area contributed by atoms with Crippen molar-refractivity contribution in [2.45, 2.75) is 83.8 Å². The molecule has 0 spiro atoms. The molecule has 2 aromatic rings. The van der Waals surface area contributed by atoms with Gasteiger partial charge in [-0.15, -0.1) is 0 Å². The Kier molecular flexibility index (Phi) is 5.99. The number of ketones is 1. The maximum absolute atomic E-state index is 13.5. The fraction of sp³-hybridized carbons (Fsp3) is 0.786. The number of hydrogen-bond donors (Lipinski definition) is 1. The molecule has 4 aliphatic carbocycles. The monoisotopic (exact) mass is 480 g/mol. The van der Waals surface area contributed by atoms with Gasteiger partial charge in [0.25, 0.3) is 0 Å². The van der Waals surface area contributed by atoms with Crippen LogP contribution in [0.2, 0.25) is 0 Å². The first kappa shape index (κ1) is 23.5. The van der Waals surface area contributed by atoms with Crippen molar-refractivity contribution in [1.29, 1.82) is 0 Å². The summed E-state index contributed by atoms with van der Waals surface area (Å²) in [5.41, 5.74) is 1.01. The topological polar surface area (TPSA) is 90.1 Å². The molecular weight excluding hydrogens is 440 g/mol. The van der Waals surface area contributed by atoms with Crippen LogP contribution in [0.25, 0.3) is 11.0 Å². The second-order valence-electron chi connectivity index (χ2n) is 12.3. The van der Waals surface area contributed by atoms with Gasteiger partial charge in [0.05, 0.1) is 18.4 Å². The SMILES string of the molecule is CCOC[C@@]1(O)CC[C@H]2[C@@H](CC[C@@H]3[C@@H]2CC[C@]2(C)[C@@H](C(=O)Cn4nc5ccncc5n4)CC[C@@H]32)C1. The van der Waals surface area contributed by atoms with Crippen LogP contribution >= 0.6 is 0 Å². The van der Waals surface area contributed by atoms with Gasteiger partial charge >= 0.3 is 0 Å². The summed E-state index contributed by atoms with van der Waals surface area (Å²) < 4.78 is 5.63. The first-order chi connectivity index (χ1) is 16.9. The Bertz CT molecular complexity index is 1050. The summed E-state index contributed by atoms with van der Waals surface area (Å²) in [5.74, 6) is 3.94. The van der Waals surface area contributed by atoms with Crippen molar-refractivity contribution < 1.29 is 14.6 Å². The minimum atomic E-state index is -0.626. The minimum Gasteiger partial charge on any atom is -0.387 e. The van der Waals surface area contributed by atoms with E-state index in [1.807, 2.05) is 13.0 Å². The van der Waals surface area contributed by atoms with Gasteiger partial charge in [-0.2, -0.15) is 15.0 Å². The summed E-state index contributed by atoms with van der Waals surface area (Å²) in [6.45, 7) is 5.84. The molecule has 8 atom stereocenters. The number of aliphatic hydroxyl groups is 1. The van der Waals surface area contributed by atoms with E-state index in [1.54, 1.807) is 17.2 Å². The van der Waals surface area contributed by atoms with Crippen molar-refractivity contribution in [3.05, 3.63) is 18.5 Å². The zero-order valence-electron chi connectivity index (χ0n) is 21.2. The van der Waals surface area contributed by atoms with Crippen LogP contribution in [-0.2, 0) is 16.1 Å². The normalized spacial score (nSPS) is 40.8. The second kappa shape index (κ2) is 8.91. The van der Waals surface area contributed by atoms with E-state index in [9.17, 15) is 9.90 Å². The summed E-state index contributed by atoms with van der Waals surface area (Å²) in [4.78, 5) is 19.2. The fourth-order valence-electron chi connectivity index (χ4n) is 9.05. The highest BCUT2D eigenvalue weighted by Gasteiger charge is 2.59. The highest BCUT2D eigenvalue weighted by Crippen LogP contribution is 2.64. The van der Waals surface area contributed by atoms with E-state index in [1.165, 1.54) is 25.7 Å². The molecule has 0 bridgehead atoms. The summed E-state index contributed by atoms with van der Waals surface area (Å²) in [7, 11) is 0. The molecule has 4 aliphatic rings. The van der Waals surface area contributed by atoms with Gasteiger partial charge in [-0.3, -0.25) is 9.78 Å². The maximum Gasteiger partial charge on any atom is 0.159 e. The highest BCUT2D eigenvalue weighted by molar-refractivity contribution is 5.82. The third kappa shape index (κ3) is 4.03. The predicted octanol–water partition coefficient (Wildman–Crippen LogP) is 4.43. The van der Waals surface area contributed by atoms with Crippen molar-refractivity contribution in [3.63, 3.8) is 0 Å². The average molecular weight is 481 g/mol. The van der Waals surface area contributed by atoms with Crippen molar-refractivity contribution in [2.75, 3.05) is 13.2 Å². The standard InChI is InChI=1S/C28H40N4O3/c1-3-35-17-28(34)12-9-19-18(14-28)4-5-21-20(19)8-11-27(2)22(21)6-7-23(27)26(33)16-32-30-24-10-13-29-15-25(24)31-32/h10,13,15,18-23,34H,3-9,11-12,14,16-17H2,1-2H3/t18-,19-,20+,21+,22-,23+,27-,28+/m0/s1. The van der Waals surface area contributed by atoms with Crippen molar-refractivity contribution in [1.82, 2.24) is 20.0 Å². The summed E-state index contributed by atoms with van der Waals surface area (Å²) >= 11 is 0. The molecule has 0 unspecified atom stereocenters. The molecule has 0 aliphatic heterocycles. The van der Waals surface area contributed by atoms with Crippen molar-refractivity contribution in [3.8, 4) is 0 Å². The fourth-order valence-corrected chi connectivity index (χ4v) is 9.05. The number of pyridine rings is 1. The second-order valence-corrected chi connectivity index (χ2v) is 12.3. The van der Waals surface area contributed by atoms with Crippen LogP contribution < -0.4 is 0 Å². The number of fused-ring (bicyclic) bond motifs is 6. The molecule has 4 saturated carbocycles. The van der Waals surface area contributed by atoms with E-state index in [-0.39, 0.29) is 17.9 Å². The van der Waals surface area contributed by atoms with Gasteiger partial charge in [-0.1, -0.05) is 6.92 Å². The molecule has 2 aromatic heterocycles. The van der Waals surface area contributed by atoms with Gasteiger partial charge in [-0.05, 0) is 106 Å². The lowest BCUT2D eigenvalue weighted by molar-refractivity contribution is -0.138. The molecule has 4 fully saturated rings. The third-order valence-electron chi connectivity index (χ3n) is 10.6. The zero-order valence-corrected chi connectivity index (χ0v) is 21.2. The highest BCUT2D eigenvalue weighted by atomic mass is 16.5. The van der Waals surface area contributed by atoms with E-state index in [0.717, 1.165) is 60.9 Å². The average Bonchev–Trinajstić information content (AvgIpc) is 3.42. The molecule has 6 rings (SSSR count). The van der Waals surface area contributed by atoms with Crippen LogP contribution in [0.15, 0.2) is 18.5 Å². The Labute approximate surface area is 208 Å². The van der Waals surface area contributed by atoms with Gasteiger partial charge in [0.15, 0.2) is 5.78 Å². The number of aromatic nitrogens is 4. The molecule has 7 nitrogen and oxygen atoms in total. The Balaban J connectivity index is 1.14. The number of ether oxygens (including phenoxy) is 1. The number of rotatable bonds is 6. The van der Waals surface area contributed by atoms with Crippen LogP contribution in [0.5, 0.6) is 0 Å². The molecule has 35 heavy (non-hydrogen) atoms. The molecular formula is C28H40N4O3.